The van der Waals surface area contributed by atoms with Crippen LogP contribution < -0.4 is 10.2 Å². The first-order chi connectivity index (χ1) is 12.5. The molecule has 1 fully saturated rings. The molecule has 3 rings (SSSR count). The number of carbonyl (C=O) groups excluding carboxylic acids is 1. The Morgan fingerprint density at radius 3 is 2.23 bits per heavy atom. The van der Waals surface area contributed by atoms with E-state index in [9.17, 15) is 14.9 Å². The van der Waals surface area contributed by atoms with Crippen molar-refractivity contribution in [3.8, 4) is 0 Å². The van der Waals surface area contributed by atoms with Gasteiger partial charge < -0.3 is 10.2 Å². The van der Waals surface area contributed by atoms with Crippen molar-refractivity contribution >= 4 is 23.0 Å². The van der Waals surface area contributed by atoms with Gasteiger partial charge in [0, 0.05) is 49.7 Å². The van der Waals surface area contributed by atoms with Gasteiger partial charge in [0.25, 0.3) is 5.69 Å². The van der Waals surface area contributed by atoms with Crippen molar-refractivity contribution in [1.82, 2.24) is 4.90 Å². The molecule has 1 amide bonds. The summed E-state index contributed by atoms with van der Waals surface area (Å²) in [6.45, 7) is 5.25. The first-order valence-corrected chi connectivity index (χ1v) is 8.64. The Hall–Kier alpha value is -2.93. The maximum atomic E-state index is 12.5. The van der Waals surface area contributed by atoms with Gasteiger partial charge in [-0.2, -0.15) is 0 Å². The molecule has 0 saturated carbocycles. The number of nitrogens with one attached hydrogen (secondary N) is 1. The lowest BCUT2D eigenvalue weighted by molar-refractivity contribution is -0.384. The Morgan fingerprint density at radius 1 is 1.04 bits per heavy atom. The third kappa shape index (κ3) is 4.18. The molecule has 1 N–H and O–H groups in total. The molecule has 2 aromatic rings. The molecule has 0 radical (unpaired) electrons. The van der Waals surface area contributed by atoms with Crippen molar-refractivity contribution in [2.45, 2.75) is 13.0 Å². The third-order valence-corrected chi connectivity index (χ3v) is 4.71. The summed E-state index contributed by atoms with van der Waals surface area (Å²) < 4.78 is 0. The predicted molar refractivity (Wildman–Crippen MR) is 101 cm³/mol. The van der Waals surface area contributed by atoms with Crippen molar-refractivity contribution in [2.24, 2.45) is 0 Å². The molecular weight excluding hydrogens is 332 g/mol. The minimum Gasteiger partial charge on any atom is -0.369 e. The van der Waals surface area contributed by atoms with Crippen LogP contribution in [-0.2, 0) is 4.79 Å². The molecule has 1 heterocycles. The zero-order valence-electron chi connectivity index (χ0n) is 14.7. The van der Waals surface area contributed by atoms with Crippen LogP contribution in [0, 0.1) is 10.1 Å². The number of benzene rings is 2. The van der Waals surface area contributed by atoms with Crippen LogP contribution in [0.3, 0.4) is 0 Å². The zero-order chi connectivity index (χ0) is 18.5. The Kier molecular flexibility index (Phi) is 5.48. The fourth-order valence-electron chi connectivity index (χ4n) is 3.09. The summed E-state index contributed by atoms with van der Waals surface area (Å²) in [4.78, 5) is 27.2. The van der Waals surface area contributed by atoms with E-state index in [1.165, 1.54) is 17.8 Å². The molecule has 1 saturated heterocycles. The van der Waals surface area contributed by atoms with E-state index in [-0.39, 0.29) is 17.6 Å². The number of non-ortho nitro benzene ring substituents is 1. The van der Waals surface area contributed by atoms with Gasteiger partial charge in [-0.05, 0) is 31.2 Å². The summed E-state index contributed by atoms with van der Waals surface area (Å²) in [6.07, 6.45) is 0. The van der Waals surface area contributed by atoms with Gasteiger partial charge in [-0.3, -0.25) is 19.8 Å². The molecule has 26 heavy (non-hydrogen) atoms. The molecule has 0 bridgehead atoms. The van der Waals surface area contributed by atoms with Gasteiger partial charge in [0.05, 0.1) is 11.0 Å². The quantitative estimate of drug-likeness (QED) is 0.660. The van der Waals surface area contributed by atoms with Crippen molar-refractivity contribution in [1.29, 1.82) is 0 Å². The van der Waals surface area contributed by atoms with Crippen LogP contribution in [0.1, 0.15) is 6.92 Å². The first-order valence-electron chi connectivity index (χ1n) is 8.64. The van der Waals surface area contributed by atoms with Gasteiger partial charge >= 0.3 is 0 Å². The van der Waals surface area contributed by atoms with Gasteiger partial charge in [0.2, 0.25) is 5.91 Å². The summed E-state index contributed by atoms with van der Waals surface area (Å²) in [5.74, 6) is -0.105. The molecule has 1 atom stereocenters. The van der Waals surface area contributed by atoms with Crippen LogP contribution in [0.2, 0.25) is 0 Å². The molecule has 7 heteroatoms. The van der Waals surface area contributed by atoms with Gasteiger partial charge in [-0.15, -0.1) is 0 Å². The minimum atomic E-state index is -0.458. The fourth-order valence-corrected chi connectivity index (χ4v) is 3.09. The van der Waals surface area contributed by atoms with E-state index < -0.39 is 4.92 Å². The predicted octanol–water partition coefficient (Wildman–Crippen LogP) is 2.74. The fraction of sp³-hybridized carbons (Fsp3) is 0.316. The van der Waals surface area contributed by atoms with Crippen LogP contribution in [-0.4, -0.2) is 48.0 Å². The van der Waals surface area contributed by atoms with Crippen molar-refractivity contribution in [3.63, 3.8) is 0 Å². The monoisotopic (exact) mass is 354 g/mol. The van der Waals surface area contributed by atoms with Gasteiger partial charge in [-0.25, -0.2) is 0 Å². The van der Waals surface area contributed by atoms with Crippen LogP contribution in [0.25, 0.3) is 0 Å². The van der Waals surface area contributed by atoms with Gasteiger partial charge in [-0.1, -0.05) is 18.2 Å². The lowest BCUT2D eigenvalue weighted by Gasteiger charge is -2.38. The molecule has 1 aliphatic rings. The molecule has 136 valence electrons. The van der Waals surface area contributed by atoms with Crippen molar-refractivity contribution < 1.29 is 9.72 Å². The molecular formula is C19H22N4O3. The van der Waals surface area contributed by atoms with Crippen molar-refractivity contribution in [3.05, 3.63) is 64.7 Å². The largest absolute Gasteiger partial charge is 0.369 e. The number of amides is 1. The summed E-state index contributed by atoms with van der Waals surface area (Å²) in [5.41, 5.74) is 1.78. The normalized spacial score (nSPS) is 16.1. The summed E-state index contributed by atoms with van der Waals surface area (Å²) in [5, 5.41) is 13.5. The van der Waals surface area contributed by atoms with E-state index in [0.29, 0.717) is 5.69 Å². The number of nitro groups is 1. The van der Waals surface area contributed by atoms with Crippen LogP contribution in [0.5, 0.6) is 0 Å². The molecule has 1 aliphatic heterocycles. The molecule has 2 aromatic carbocycles. The van der Waals surface area contributed by atoms with E-state index in [2.05, 4.69) is 27.2 Å². The number of piperazine rings is 1. The maximum absolute atomic E-state index is 12.5. The molecule has 7 nitrogen and oxygen atoms in total. The number of hydrogen-bond acceptors (Lipinski definition) is 5. The second kappa shape index (κ2) is 7.97. The summed E-state index contributed by atoms with van der Waals surface area (Å²) in [7, 11) is 0. The van der Waals surface area contributed by atoms with E-state index in [1.54, 1.807) is 12.1 Å². The smallest absolute Gasteiger partial charge is 0.269 e. The van der Waals surface area contributed by atoms with Gasteiger partial charge in [0.15, 0.2) is 0 Å². The highest BCUT2D eigenvalue weighted by Crippen LogP contribution is 2.18. The maximum Gasteiger partial charge on any atom is 0.269 e. The molecule has 0 aliphatic carbocycles. The van der Waals surface area contributed by atoms with Crippen LogP contribution in [0.15, 0.2) is 54.6 Å². The Labute approximate surface area is 152 Å². The number of hydrogen-bond donors (Lipinski definition) is 1. The number of nitrogens with zero attached hydrogens (tertiary/aromatic N) is 3. The molecule has 1 unspecified atom stereocenters. The second-order valence-electron chi connectivity index (χ2n) is 6.33. The highest BCUT2D eigenvalue weighted by Gasteiger charge is 2.25. The number of para-hydroxylation sites is 1. The lowest BCUT2D eigenvalue weighted by atomic mass is 10.2. The summed E-state index contributed by atoms with van der Waals surface area (Å²) in [6, 6.07) is 15.9. The standard InChI is InChI=1S/C19H22N4O3/c1-15(19(24)20-16-7-9-18(10-8-16)23(25)26)21-11-13-22(14-12-21)17-5-3-2-4-6-17/h2-10,15H,11-14H2,1H3,(H,20,24). The number of rotatable bonds is 5. The van der Waals surface area contributed by atoms with E-state index in [1.807, 2.05) is 25.1 Å². The second-order valence-corrected chi connectivity index (χ2v) is 6.33. The Balaban J connectivity index is 1.53. The minimum absolute atomic E-state index is 0.00748. The number of anilines is 2. The van der Waals surface area contributed by atoms with Crippen LogP contribution >= 0.6 is 0 Å². The lowest BCUT2D eigenvalue weighted by Crippen LogP contribution is -2.52. The number of nitro benzene ring substituents is 1. The first kappa shape index (κ1) is 17.9. The van der Waals surface area contributed by atoms with E-state index in [4.69, 9.17) is 0 Å². The number of carbonyl (C=O) groups is 1. The average molecular weight is 354 g/mol. The SMILES string of the molecule is CC(C(=O)Nc1ccc([N+](=O)[O-])cc1)N1CCN(c2ccccc2)CC1. The van der Waals surface area contributed by atoms with E-state index in [0.717, 1.165) is 26.2 Å². The summed E-state index contributed by atoms with van der Waals surface area (Å²) >= 11 is 0. The highest BCUT2D eigenvalue weighted by molar-refractivity contribution is 5.94. The Morgan fingerprint density at radius 2 is 1.65 bits per heavy atom. The molecule has 0 spiro atoms. The third-order valence-electron chi connectivity index (χ3n) is 4.71. The molecule has 0 aromatic heterocycles. The van der Waals surface area contributed by atoms with Gasteiger partial charge in [0.1, 0.15) is 0 Å². The average Bonchev–Trinajstić information content (AvgIpc) is 2.68. The van der Waals surface area contributed by atoms with E-state index >= 15 is 0 Å². The zero-order valence-corrected chi connectivity index (χ0v) is 14.7. The van der Waals surface area contributed by atoms with Crippen LogP contribution in [0.4, 0.5) is 17.1 Å². The van der Waals surface area contributed by atoms with Crippen molar-refractivity contribution in [2.75, 3.05) is 36.4 Å². The Bertz CT molecular complexity index is 756. The highest BCUT2D eigenvalue weighted by atomic mass is 16.6. The topological polar surface area (TPSA) is 78.7 Å².